The molecule has 1 fully saturated rings. The number of nitrogens with zero attached hydrogens (tertiary/aromatic N) is 3. The molecule has 1 unspecified atom stereocenters. The van der Waals surface area contributed by atoms with Crippen molar-refractivity contribution in [3.05, 3.63) is 65.6 Å². The Balaban J connectivity index is 1.66. The van der Waals surface area contributed by atoms with E-state index in [0.717, 1.165) is 17.7 Å². The second-order valence-electron chi connectivity index (χ2n) is 7.49. The maximum absolute atomic E-state index is 12.8. The summed E-state index contributed by atoms with van der Waals surface area (Å²) in [5, 5.41) is 1.22. The molecule has 5 heteroatoms. The first-order valence-electron chi connectivity index (χ1n) is 9.98. The van der Waals surface area contributed by atoms with Gasteiger partial charge in [0.05, 0.1) is 30.5 Å². The molecule has 1 aliphatic rings. The van der Waals surface area contributed by atoms with Gasteiger partial charge in [-0.15, -0.1) is 0 Å². The fourth-order valence-corrected chi connectivity index (χ4v) is 4.15. The summed E-state index contributed by atoms with van der Waals surface area (Å²) in [5.74, 6) is 0.204. The summed E-state index contributed by atoms with van der Waals surface area (Å²) in [6.07, 6.45) is 5.21. The van der Waals surface area contributed by atoms with Gasteiger partial charge in [-0.3, -0.25) is 9.78 Å². The number of hydrogen-bond donors (Lipinski definition) is 0. The van der Waals surface area contributed by atoms with E-state index in [1.54, 1.807) is 0 Å². The van der Waals surface area contributed by atoms with Crippen molar-refractivity contribution in [3.63, 3.8) is 0 Å². The molecule has 1 aromatic carbocycles. The van der Waals surface area contributed by atoms with E-state index in [2.05, 4.69) is 54.9 Å². The number of amides is 1. The number of carbonyl (C=O) groups excluding carboxylic acids is 1. The van der Waals surface area contributed by atoms with Gasteiger partial charge in [-0.2, -0.15) is 0 Å². The monoisotopic (exact) mass is 377 g/mol. The number of aromatic nitrogens is 2. The number of fused-ring (bicyclic) bond motifs is 1. The van der Waals surface area contributed by atoms with Crippen LogP contribution in [0.2, 0.25) is 0 Å². The van der Waals surface area contributed by atoms with Crippen molar-refractivity contribution in [2.75, 3.05) is 26.3 Å². The minimum Gasteiger partial charge on any atom is -0.378 e. The molecular formula is C23H27N3O2. The van der Waals surface area contributed by atoms with Gasteiger partial charge in [-0.25, -0.2) is 0 Å². The smallest absolute Gasteiger partial charge is 0.222 e. The summed E-state index contributed by atoms with van der Waals surface area (Å²) in [4.78, 5) is 19.4. The Morgan fingerprint density at radius 2 is 1.89 bits per heavy atom. The molecule has 0 N–H and O–H groups in total. The van der Waals surface area contributed by atoms with Gasteiger partial charge in [-0.05, 0) is 48.9 Å². The molecule has 0 aliphatic carbocycles. The average Bonchev–Trinajstić information content (AvgIpc) is 3.15. The van der Waals surface area contributed by atoms with Gasteiger partial charge >= 0.3 is 0 Å². The van der Waals surface area contributed by atoms with E-state index >= 15 is 0 Å². The number of para-hydroxylation sites is 1. The topological polar surface area (TPSA) is 47.4 Å². The number of pyridine rings is 1. The summed E-state index contributed by atoms with van der Waals surface area (Å²) in [6, 6.07) is 12.6. The van der Waals surface area contributed by atoms with Crippen LogP contribution in [0.15, 0.2) is 48.8 Å². The number of hydrogen-bond acceptors (Lipinski definition) is 3. The number of carbonyl (C=O) groups is 1. The third kappa shape index (κ3) is 3.67. The van der Waals surface area contributed by atoms with E-state index in [4.69, 9.17) is 9.72 Å². The Labute approximate surface area is 165 Å². The van der Waals surface area contributed by atoms with Gasteiger partial charge in [0, 0.05) is 31.9 Å². The predicted molar refractivity (Wildman–Crippen MR) is 110 cm³/mol. The highest BCUT2D eigenvalue weighted by molar-refractivity contribution is 5.83. The normalized spacial score (nSPS) is 15.7. The largest absolute Gasteiger partial charge is 0.378 e. The van der Waals surface area contributed by atoms with E-state index in [1.807, 2.05) is 17.2 Å². The van der Waals surface area contributed by atoms with Crippen LogP contribution in [0.1, 0.15) is 35.7 Å². The van der Waals surface area contributed by atoms with Crippen LogP contribution in [0, 0.1) is 13.8 Å². The van der Waals surface area contributed by atoms with Crippen molar-refractivity contribution in [1.82, 2.24) is 14.5 Å². The molecule has 1 amide bonds. The minimum absolute atomic E-state index is 0.0322. The van der Waals surface area contributed by atoms with Crippen LogP contribution in [0.25, 0.3) is 10.9 Å². The van der Waals surface area contributed by atoms with E-state index in [-0.39, 0.29) is 11.9 Å². The molecule has 1 aliphatic heterocycles. The molecule has 3 aromatic rings. The van der Waals surface area contributed by atoms with Crippen molar-refractivity contribution in [2.45, 2.75) is 32.7 Å². The summed E-state index contributed by atoms with van der Waals surface area (Å²) in [6.45, 7) is 6.89. The minimum atomic E-state index is 0.0322. The molecule has 5 nitrogen and oxygen atoms in total. The van der Waals surface area contributed by atoms with Crippen LogP contribution in [0.3, 0.4) is 0 Å². The summed E-state index contributed by atoms with van der Waals surface area (Å²) in [5.41, 5.74) is 4.65. The Morgan fingerprint density at radius 3 is 2.68 bits per heavy atom. The predicted octanol–water partition coefficient (Wildman–Crippen LogP) is 3.88. The van der Waals surface area contributed by atoms with Gasteiger partial charge in [0.25, 0.3) is 0 Å². The van der Waals surface area contributed by atoms with Crippen molar-refractivity contribution in [3.8, 4) is 0 Å². The van der Waals surface area contributed by atoms with Crippen LogP contribution in [0.4, 0.5) is 0 Å². The molecule has 0 saturated carbocycles. The van der Waals surface area contributed by atoms with Gasteiger partial charge in [-0.1, -0.05) is 24.3 Å². The highest BCUT2D eigenvalue weighted by Crippen LogP contribution is 2.31. The molecule has 3 heterocycles. The first-order valence-corrected chi connectivity index (χ1v) is 9.98. The SMILES string of the molecule is Cc1cccnc1C(CCC(=O)N1CCOCC1)n1ccc2cccc(C)c21. The second kappa shape index (κ2) is 8.15. The fraction of sp³-hybridized carbons (Fsp3) is 0.391. The number of benzene rings is 1. The number of ether oxygens (including phenoxy) is 1. The van der Waals surface area contributed by atoms with Crippen LogP contribution in [0.5, 0.6) is 0 Å². The van der Waals surface area contributed by atoms with Gasteiger partial charge in [0.15, 0.2) is 0 Å². The van der Waals surface area contributed by atoms with Gasteiger partial charge in [0.2, 0.25) is 5.91 Å². The number of morpholine rings is 1. The maximum Gasteiger partial charge on any atom is 0.222 e. The molecule has 2 aromatic heterocycles. The summed E-state index contributed by atoms with van der Waals surface area (Å²) in [7, 11) is 0. The quantitative estimate of drug-likeness (QED) is 0.678. The Morgan fingerprint density at radius 1 is 1.11 bits per heavy atom. The number of rotatable bonds is 5. The van der Waals surface area contributed by atoms with Gasteiger partial charge < -0.3 is 14.2 Å². The maximum atomic E-state index is 12.8. The molecule has 146 valence electrons. The number of aryl methyl sites for hydroxylation is 2. The van der Waals surface area contributed by atoms with Crippen molar-refractivity contribution in [2.24, 2.45) is 0 Å². The zero-order chi connectivity index (χ0) is 19.5. The van der Waals surface area contributed by atoms with Crippen molar-refractivity contribution in [1.29, 1.82) is 0 Å². The molecule has 4 rings (SSSR count). The standard InChI is InChI=1S/C23H27N3O2/c1-17-6-4-11-24-22(17)20(8-9-21(27)25-13-15-28-16-14-25)26-12-10-19-7-3-5-18(2)23(19)26/h3-7,10-12,20H,8-9,13-16H2,1-2H3. The highest BCUT2D eigenvalue weighted by atomic mass is 16.5. The van der Waals surface area contributed by atoms with Crippen LogP contribution >= 0.6 is 0 Å². The van der Waals surface area contributed by atoms with Crippen molar-refractivity contribution < 1.29 is 9.53 Å². The lowest BCUT2D eigenvalue weighted by Crippen LogP contribution is -2.40. The first-order chi connectivity index (χ1) is 13.6. The summed E-state index contributed by atoms with van der Waals surface area (Å²) >= 11 is 0. The molecule has 1 atom stereocenters. The average molecular weight is 377 g/mol. The van der Waals surface area contributed by atoms with Crippen molar-refractivity contribution >= 4 is 16.8 Å². The van der Waals surface area contributed by atoms with Crippen LogP contribution < -0.4 is 0 Å². The third-order valence-electron chi connectivity index (χ3n) is 5.64. The molecule has 0 spiro atoms. The second-order valence-corrected chi connectivity index (χ2v) is 7.49. The van der Waals surface area contributed by atoms with E-state index in [0.29, 0.717) is 32.7 Å². The molecule has 0 bridgehead atoms. The zero-order valence-corrected chi connectivity index (χ0v) is 16.6. The Bertz CT molecular complexity index is 973. The Kier molecular flexibility index (Phi) is 5.44. The highest BCUT2D eigenvalue weighted by Gasteiger charge is 2.23. The van der Waals surface area contributed by atoms with E-state index in [9.17, 15) is 4.79 Å². The molecular weight excluding hydrogens is 350 g/mol. The summed E-state index contributed by atoms with van der Waals surface area (Å²) < 4.78 is 7.67. The fourth-order valence-electron chi connectivity index (χ4n) is 4.15. The molecule has 1 saturated heterocycles. The van der Waals surface area contributed by atoms with Crippen LogP contribution in [-0.2, 0) is 9.53 Å². The molecule has 0 radical (unpaired) electrons. The van der Waals surface area contributed by atoms with E-state index < -0.39 is 0 Å². The van der Waals surface area contributed by atoms with Gasteiger partial charge in [0.1, 0.15) is 0 Å². The van der Waals surface area contributed by atoms with E-state index in [1.165, 1.54) is 16.5 Å². The zero-order valence-electron chi connectivity index (χ0n) is 16.6. The lowest BCUT2D eigenvalue weighted by atomic mass is 10.0. The third-order valence-corrected chi connectivity index (χ3v) is 5.64. The molecule has 28 heavy (non-hydrogen) atoms. The Hall–Kier alpha value is -2.66. The van der Waals surface area contributed by atoms with Crippen LogP contribution in [-0.4, -0.2) is 46.7 Å². The first kappa shape index (κ1) is 18.7. The lowest BCUT2D eigenvalue weighted by Gasteiger charge is -2.28. The lowest BCUT2D eigenvalue weighted by molar-refractivity contribution is -0.135.